The van der Waals surface area contributed by atoms with Crippen LogP contribution in [0.3, 0.4) is 0 Å². The molecular weight excluding hydrogens is 304 g/mol. The van der Waals surface area contributed by atoms with Gasteiger partial charge in [-0.3, -0.25) is 19.4 Å². The molecule has 1 aliphatic heterocycles. The van der Waals surface area contributed by atoms with Gasteiger partial charge < -0.3 is 11.1 Å². The van der Waals surface area contributed by atoms with E-state index in [1.165, 1.54) is 19.3 Å². The smallest absolute Gasteiger partial charge is 0.269 e. The first-order valence-corrected chi connectivity index (χ1v) is 9.53. The van der Waals surface area contributed by atoms with Gasteiger partial charge in [0.25, 0.3) is 5.56 Å². The second-order valence-electron chi connectivity index (χ2n) is 7.90. The molecule has 2 aliphatic carbocycles. The summed E-state index contributed by atoms with van der Waals surface area (Å²) >= 11 is 0. The number of anilines is 1. The van der Waals surface area contributed by atoms with Crippen molar-refractivity contribution in [1.29, 1.82) is 0 Å². The molecular formula is C18H28N4O2. The van der Waals surface area contributed by atoms with Crippen LogP contribution in [0.4, 0.5) is 5.82 Å². The number of hydrogen-bond acceptors (Lipinski definition) is 3. The normalized spacial score (nSPS) is 31.5. The zero-order chi connectivity index (χ0) is 16.7. The van der Waals surface area contributed by atoms with Crippen molar-refractivity contribution in [3.8, 4) is 0 Å². The lowest BCUT2D eigenvalue weighted by Crippen LogP contribution is -2.34. The molecule has 0 bridgehead atoms. The summed E-state index contributed by atoms with van der Waals surface area (Å²) in [7, 11) is 0. The number of H-pyrrole nitrogens is 1. The highest BCUT2D eigenvalue weighted by Gasteiger charge is 2.38. The molecule has 6 nitrogen and oxygen atoms in total. The number of rotatable bonds is 2. The van der Waals surface area contributed by atoms with E-state index in [2.05, 4.69) is 10.4 Å². The van der Waals surface area contributed by atoms with Gasteiger partial charge in [-0.15, -0.1) is 0 Å². The number of nitrogens with two attached hydrogens (primary N) is 1. The minimum Gasteiger partial charge on any atom is -0.328 e. The van der Waals surface area contributed by atoms with Gasteiger partial charge in [-0.25, -0.2) is 0 Å². The number of carbonyl (C=O) groups is 1. The van der Waals surface area contributed by atoms with E-state index in [-0.39, 0.29) is 23.4 Å². The van der Waals surface area contributed by atoms with Crippen LogP contribution < -0.4 is 16.6 Å². The van der Waals surface area contributed by atoms with Gasteiger partial charge in [-0.05, 0) is 44.4 Å². The first kappa shape index (κ1) is 15.9. The SMILES string of the molecule is NC1CCC(C2CC(=O)Nc3c2c(=O)[nH]n3C2CCCCC2)CC1. The third kappa shape index (κ3) is 2.81. The van der Waals surface area contributed by atoms with E-state index in [1.807, 2.05) is 4.68 Å². The molecule has 4 rings (SSSR count). The lowest BCUT2D eigenvalue weighted by atomic mass is 9.73. The highest BCUT2D eigenvalue weighted by molar-refractivity contribution is 5.93. The quantitative estimate of drug-likeness (QED) is 0.777. The van der Waals surface area contributed by atoms with E-state index in [1.54, 1.807) is 0 Å². The third-order valence-corrected chi connectivity index (χ3v) is 6.32. The Kier molecular flexibility index (Phi) is 4.24. The number of nitrogens with one attached hydrogen (secondary N) is 2. The number of aromatic amines is 1. The number of fused-ring (bicyclic) bond motifs is 1. The zero-order valence-electron chi connectivity index (χ0n) is 14.2. The van der Waals surface area contributed by atoms with Crippen LogP contribution in [0.5, 0.6) is 0 Å². The second kappa shape index (κ2) is 6.39. The third-order valence-electron chi connectivity index (χ3n) is 6.32. The summed E-state index contributed by atoms with van der Waals surface area (Å²) in [5.41, 5.74) is 6.84. The van der Waals surface area contributed by atoms with Gasteiger partial charge in [-0.1, -0.05) is 19.3 Å². The van der Waals surface area contributed by atoms with Crippen LogP contribution in [-0.2, 0) is 4.79 Å². The Balaban J connectivity index is 1.67. The molecule has 2 fully saturated rings. The lowest BCUT2D eigenvalue weighted by molar-refractivity contribution is -0.117. The number of amides is 1. The molecule has 1 aromatic rings. The minimum atomic E-state index is -0.00422. The fourth-order valence-corrected chi connectivity index (χ4v) is 4.98. The molecule has 2 heterocycles. The fourth-order valence-electron chi connectivity index (χ4n) is 4.98. The summed E-state index contributed by atoms with van der Waals surface area (Å²) in [6.45, 7) is 0. The summed E-state index contributed by atoms with van der Waals surface area (Å²) in [5, 5.41) is 6.04. The van der Waals surface area contributed by atoms with Crippen LogP contribution in [0.25, 0.3) is 0 Å². The Bertz CT molecular complexity index is 663. The number of aromatic nitrogens is 2. The fraction of sp³-hybridized carbons (Fsp3) is 0.778. The van der Waals surface area contributed by atoms with E-state index in [0.717, 1.165) is 49.9 Å². The summed E-state index contributed by atoms with van der Waals surface area (Å²) in [6.07, 6.45) is 10.3. The highest BCUT2D eigenvalue weighted by Crippen LogP contribution is 2.43. The molecule has 0 aromatic carbocycles. The standard InChI is InChI=1S/C18H28N4O2/c19-12-8-6-11(7-9-12)14-10-15(23)20-17-16(14)18(24)21-22(17)13-4-2-1-3-5-13/h11-14H,1-10,19H2,(H,20,23)(H,21,24). The van der Waals surface area contributed by atoms with Crippen LogP contribution in [0, 0.1) is 5.92 Å². The molecule has 0 saturated heterocycles. The molecule has 0 spiro atoms. The molecule has 4 N–H and O–H groups in total. The molecule has 1 atom stereocenters. The largest absolute Gasteiger partial charge is 0.328 e. The Morgan fingerprint density at radius 2 is 1.67 bits per heavy atom. The van der Waals surface area contributed by atoms with Gasteiger partial charge in [-0.2, -0.15) is 0 Å². The van der Waals surface area contributed by atoms with E-state index in [4.69, 9.17) is 5.73 Å². The number of nitrogens with zero attached hydrogens (tertiary/aromatic N) is 1. The van der Waals surface area contributed by atoms with Crippen molar-refractivity contribution in [3.63, 3.8) is 0 Å². The van der Waals surface area contributed by atoms with Gasteiger partial charge in [0, 0.05) is 18.4 Å². The van der Waals surface area contributed by atoms with Crippen molar-refractivity contribution in [2.75, 3.05) is 5.32 Å². The van der Waals surface area contributed by atoms with E-state index in [9.17, 15) is 9.59 Å². The predicted molar refractivity (Wildman–Crippen MR) is 93.1 cm³/mol. The topological polar surface area (TPSA) is 92.9 Å². The summed E-state index contributed by atoms with van der Waals surface area (Å²) in [5.74, 6) is 1.25. The number of carbonyl (C=O) groups excluding carboxylic acids is 1. The van der Waals surface area contributed by atoms with Crippen molar-refractivity contribution in [1.82, 2.24) is 9.78 Å². The summed E-state index contributed by atoms with van der Waals surface area (Å²) in [4.78, 5) is 25.0. The molecule has 6 heteroatoms. The Morgan fingerprint density at radius 3 is 2.38 bits per heavy atom. The Morgan fingerprint density at radius 1 is 0.958 bits per heavy atom. The molecule has 0 radical (unpaired) electrons. The maximum absolute atomic E-state index is 12.7. The van der Waals surface area contributed by atoms with E-state index >= 15 is 0 Å². The summed E-state index contributed by atoms with van der Waals surface area (Å²) in [6, 6.07) is 0.595. The second-order valence-corrected chi connectivity index (χ2v) is 7.90. The van der Waals surface area contributed by atoms with Crippen molar-refractivity contribution in [3.05, 3.63) is 15.9 Å². The van der Waals surface area contributed by atoms with Crippen molar-refractivity contribution in [2.45, 2.75) is 82.2 Å². The highest BCUT2D eigenvalue weighted by atomic mass is 16.2. The average Bonchev–Trinajstić information content (AvgIpc) is 2.92. The van der Waals surface area contributed by atoms with Crippen LogP contribution in [-0.4, -0.2) is 21.7 Å². The molecule has 132 valence electrons. The van der Waals surface area contributed by atoms with Crippen LogP contribution in [0.1, 0.15) is 81.7 Å². The average molecular weight is 332 g/mol. The monoisotopic (exact) mass is 332 g/mol. The summed E-state index contributed by atoms with van der Waals surface area (Å²) < 4.78 is 1.97. The first-order valence-electron chi connectivity index (χ1n) is 9.53. The van der Waals surface area contributed by atoms with Crippen LogP contribution >= 0.6 is 0 Å². The van der Waals surface area contributed by atoms with Crippen LogP contribution in [0.2, 0.25) is 0 Å². The molecule has 24 heavy (non-hydrogen) atoms. The van der Waals surface area contributed by atoms with Crippen molar-refractivity contribution in [2.24, 2.45) is 11.7 Å². The maximum Gasteiger partial charge on any atom is 0.269 e. The predicted octanol–water partition coefficient (Wildman–Crippen LogP) is 2.62. The van der Waals surface area contributed by atoms with Gasteiger partial charge in [0.15, 0.2) is 0 Å². The molecule has 3 aliphatic rings. The number of hydrogen-bond donors (Lipinski definition) is 3. The molecule has 1 aromatic heterocycles. The van der Waals surface area contributed by atoms with Crippen molar-refractivity contribution >= 4 is 11.7 Å². The van der Waals surface area contributed by atoms with Crippen LogP contribution in [0.15, 0.2) is 4.79 Å². The van der Waals surface area contributed by atoms with Crippen molar-refractivity contribution < 1.29 is 4.79 Å². The van der Waals surface area contributed by atoms with Gasteiger partial charge in [0.2, 0.25) is 5.91 Å². The molecule has 2 saturated carbocycles. The molecule has 1 unspecified atom stereocenters. The maximum atomic E-state index is 12.7. The molecule has 1 amide bonds. The van der Waals surface area contributed by atoms with Gasteiger partial charge >= 0.3 is 0 Å². The lowest BCUT2D eigenvalue weighted by Gasteiger charge is -2.35. The van der Waals surface area contributed by atoms with Gasteiger partial charge in [0.05, 0.1) is 11.6 Å². The first-order chi connectivity index (χ1) is 11.6. The Hall–Kier alpha value is -1.56. The minimum absolute atomic E-state index is 0.00422. The Labute approximate surface area is 142 Å². The van der Waals surface area contributed by atoms with E-state index in [0.29, 0.717) is 18.4 Å². The zero-order valence-corrected chi connectivity index (χ0v) is 14.2. The van der Waals surface area contributed by atoms with E-state index < -0.39 is 0 Å². The van der Waals surface area contributed by atoms with Gasteiger partial charge in [0.1, 0.15) is 5.82 Å².